The Balaban J connectivity index is 2.38. The SMILES string of the molecule is N#Cc1nccnc1Sc1cc(F)ccc1F. The quantitative estimate of drug-likeness (QED) is 0.821. The summed E-state index contributed by atoms with van der Waals surface area (Å²) in [7, 11) is 0. The normalized spacial score (nSPS) is 9.94. The van der Waals surface area contributed by atoms with Crippen molar-refractivity contribution in [2.24, 2.45) is 0 Å². The van der Waals surface area contributed by atoms with Crippen LogP contribution in [0.25, 0.3) is 0 Å². The molecule has 0 bridgehead atoms. The maximum atomic E-state index is 13.4. The number of nitrogens with zero attached hydrogens (tertiary/aromatic N) is 3. The smallest absolute Gasteiger partial charge is 0.173 e. The largest absolute Gasteiger partial charge is 0.245 e. The summed E-state index contributed by atoms with van der Waals surface area (Å²) in [6, 6.07) is 4.95. The van der Waals surface area contributed by atoms with E-state index in [0.29, 0.717) is 0 Å². The molecule has 0 spiro atoms. The van der Waals surface area contributed by atoms with Crippen LogP contribution in [0.3, 0.4) is 0 Å². The van der Waals surface area contributed by atoms with Crippen LogP contribution in [0.15, 0.2) is 40.5 Å². The van der Waals surface area contributed by atoms with E-state index in [-0.39, 0.29) is 15.6 Å². The van der Waals surface area contributed by atoms with Gasteiger partial charge in [0.1, 0.15) is 22.7 Å². The molecule has 0 aliphatic rings. The lowest BCUT2D eigenvalue weighted by molar-refractivity contribution is 0.577. The first-order valence-corrected chi connectivity index (χ1v) is 5.36. The number of hydrogen-bond acceptors (Lipinski definition) is 4. The van der Waals surface area contributed by atoms with Crippen molar-refractivity contribution in [1.82, 2.24) is 9.97 Å². The first-order chi connectivity index (χ1) is 8.20. The zero-order chi connectivity index (χ0) is 12.3. The first kappa shape index (κ1) is 11.5. The van der Waals surface area contributed by atoms with Gasteiger partial charge in [0, 0.05) is 12.4 Å². The molecule has 0 aliphatic heterocycles. The van der Waals surface area contributed by atoms with Crippen molar-refractivity contribution in [3.8, 4) is 6.07 Å². The van der Waals surface area contributed by atoms with Crippen LogP contribution >= 0.6 is 11.8 Å². The minimum absolute atomic E-state index is 0.0713. The van der Waals surface area contributed by atoms with Crippen LogP contribution < -0.4 is 0 Å². The van der Waals surface area contributed by atoms with Gasteiger partial charge in [0.25, 0.3) is 0 Å². The Bertz CT molecular complexity index is 596. The second-order valence-corrected chi connectivity index (χ2v) is 4.03. The second kappa shape index (κ2) is 4.89. The molecular weight excluding hydrogens is 244 g/mol. The Morgan fingerprint density at radius 2 is 1.94 bits per heavy atom. The van der Waals surface area contributed by atoms with Crippen LogP contribution in [-0.2, 0) is 0 Å². The van der Waals surface area contributed by atoms with E-state index in [4.69, 9.17) is 5.26 Å². The molecule has 1 aromatic heterocycles. The van der Waals surface area contributed by atoms with Crippen LogP contribution in [0.1, 0.15) is 5.69 Å². The molecule has 0 saturated carbocycles. The van der Waals surface area contributed by atoms with Gasteiger partial charge >= 0.3 is 0 Å². The third kappa shape index (κ3) is 2.57. The number of nitriles is 1. The molecule has 0 N–H and O–H groups in total. The highest BCUT2D eigenvalue weighted by Crippen LogP contribution is 2.30. The van der Waals surface area contributed by atoms with Crippen molar-refractivity contribution < 1.29 is 8.78 Å². The van der Waals surface area contributed by atoms with Crippen LogP contribution in [0, 0.1) is 23.0 Å². The van der Waals surface area contributed by atoms with E-state index in [1.165, 1.54) is 12.4 Å². The third-order valence-electron chi connectivity index (χ3n) is 1.87. The van der Waals surface area contributed by atoms with Crippen molar-refractivity contribution in [3.63, 3.8) is 0 Å². The van der Waals surface area contributed by atoms with Crippen LogP contribution in [0.4, 0.5) is 8.78 Å². The third-order valence-corrected chi connectivity index (χ3v) is 2.90. The summed E-state index contributed by atoms with van der Waals surface area (Å²) in [5.41, 5.74) is 0.0844. The highest BCUT2D eigenvalue weighted by molar-refractivity contribution is 7.99. The van der Waals surface area contributed by atoms with Gasteiger partial charge in [0.2, 0.25) is 0 Å². The van der Waals surface area contributed by atoms with E-state index in [1.807, 2.05) is 6.07 Å². The number of rotatable bonds is 2. The lowest BCUT2D eigenvalue weighted by atomic mass is 10.3. The Labute approximate surface area is 100 Å². The fourth-order valence-corrected chi connectivity index (χ4v) is 1.99. The standard InChI is InChI=1S/C11H5F2N3S/c12-7-1-2-8(13)10(5-7)17-11-9(6-14)15-3-4-16-11/h1-5H. The Kier molecular flexibility index (Phi) is 3.30. The molecule has 1 heterocycles. The zero-order valence-corrected chi connectivity index (χ0v) is 9.21. The average molecular weight is 249 g/mol. The molecule has 0 radical (unpaired) electrons. The molecule has 17 heavy (non-hydrogen) atoms. The van der Waals surface area contributed by atoms with Gasteiger partial charge in [-0.05, 0) is 18.2 Å². The summed E-state index contributed by atoms with van der Waals surface area (Å²) in [5.74, 6) is -1.11. The highest BCUT2D eigenvalue weighted by atomic mass is 32.2. The molecular formula is C11H5F2N3S. The fraction of sp³-hybridized carbons (Fsp3) is 0. The molecule has 2 rings (SSSR count). The minimum Gasteiger partial charge on any atom is -0.245 e. The maximum absolute atomic E-state index is 13.4. The molecule has 1 aromatic carbocycles. The number of halogens is 2. The van der Waals surface area contributed by atoms with E-state index in [9.17, 15) is 8.78 Å². The lowest BCUT2D eigenvalue weighted by Crippen LogP contribution is -1.91. The van der Waals surface area contributed by atoms with Crippen LogP contribution in [0.5, 0.6) is 0 Å². The summed E-state index contributed by atoms with van der Waals surface area (Å²) in [5, 5.41) is 9.04. The predicted molar refractivity (Wildman–Crippen MR) is 57.2 cm³/mol. The number of hydrogen-bond donors (Lipinski definition) is 0. The van der Waals surface area contributed by atoms with Gasteiger partial charge in [0.05, 0.1) is 4.90 Å². The molecule has 0 fully saturated rings. The lowest BCUT2D eigenvalue weighted by Gasteiger charge is -2.03. The molecule has 3 nitrogen and oxygen atoms in total. The Morgan fingerprint density at radius 3 is 2.71 bits per heavy atom. The Morgan fingerprint density at radius 1 is 1.18 bits per heavy atom. The first-order valence-electron chi connectivity index (χ1n) is 4.54. The summed E-state index contributed by atoms with van der Waals surface area (Å²) in [6.07, 6.45) is 2.75. The second-order valence-electron chi connectivity index (χ2n) is 3.00. The van der Waals surface area contributed by atoms with Gasteiger partial charge in [-0.2, -0.15) is 5.26 Å². The van der Waals surface area contributed by atoms with Crippen molar-refractivity contribution in [2.75, 3.05) is 0 Å². The topological polar surface area (TPSA) is 49.6 Å². The molecule has 0 saturated heterocycles. The minimum atomic E-state index is -0.564. The molecule has 6 heteroatoms. The summed E-state index contributed by atoms with van der Waals surface area (Å²) in [6.45, 7) is 0. The Hall–Kier alpha value is -2.00. The van der Waals surface area contributed by atoms with E-state index in [1.54, 1.807) is 0 Å². The van der Waals surface area contributed by atoms with Gasteiger partial charge in [-0.3, -0.25) is 0 Å². The number of benzene rings is 1. The van der Waals surface area contributed by atoms with Crippen molar-refractivity contribution >= 4 is 11.8 Å². The van der Waals surface area contributed by atoms with Crippen molar-refractivity contribution in [2.45, 2.75) is 9.92 Å². The van der Waals surface area contributed by atoms with Crippen LogP contribution in [-0.4, -0.2) is 9.97 Å². The van der Waals surface area contributed by atoms with Crippen LogP contribution in [0.2, 0.25) is 0 Å². The molecule has 0 aliphatic carbocycles. The van der Waals surface area contributed by atoms with Gasteiger partial charge in [-0.1, -0.05) is 11.8 Å². The van der Waals surface area contributed by atoms with Crippen molar-refractivity contribution in [3.05, 3.63) is 47.9 Å². The van der Waals surface area contributed by atoms with Gasteiger partial charge in [-0.15, -0.1) is 0 Å². The summed E-state index contributed by atoms with van der Waals surface area (Å²) >= 11 is 0.868. The molecule has 0 amide bonds. The number of aromatic nitrogens is 2. The van der Waals surface area contributed by atoms with E-state index >= 15 is 0 Å². The molecule has 84 valence electrons. The van der Waals surface area contributed by atoms with E-state index in [0.717, 1.165) is 30.0 Å². The summed E-state index contributed by atoms with van der Waals surface area (Å²) < 4.78 is 26.3. The van der Waals surface area contributed by atoms with Crippen molar-refractivity contribution in [1.29, 1.82) is 5.26 Å². The highest BCUT2D eigenvalue weighted by Gasteiger charge is 2.10. The average Bonchev–Trinajstić information content (AvgIpc) is 2.34. The van der Waals surface area contributed by atoms with Gasteiger partial charge in [-0.25, -0.2) is 18.7 Å². The summed E-state index contributed by atoms with van der Waals surface area (Å²) in [4.78, 5) is 7.76. The molecule has 2 aromatic rings. The van der Waals surface area contributed by atoms with E-state index in [2.05, 4.69) is 9.97 Å². The molecule has 0 atom stereocenters. The van der Waals surface area contributed by atoms with Gasteiger partial charge < -0.3 is 0 Å². The fourth-order valence-electron chi connectivity index (χ4n) is 1.14. The van der Waals surface area contributed by atoms with Gasteiger partial charge in [0.15, 0.2) is 5.69 Å². The zero-order valence-electron chi connectivity index (χ0n) is 8.39. The molecule has 0 unspecified atom stereocenters. The monoisotopic (exact) mass is 249 g/mol. The predicted octanol–water partition coefficient (Wildman–Crippen LogP) is 2.78. The van der Waals surface area contributed by atoms with E-state index < -0.39 is 11.6 Å². The maximum Gasteiger partial charge on any atom is 0.173 e.